The van der Waals surface area contributed by atoms with Crippen molar-refractivity contribution in [3.63, 3.8) is 0 Å². The molecule has 2 rings (SSSR count). The number of carbonyl (C=O) groups is 2. The second kappa shape index (κ2) is 12.2. The lowest BCUT2D eigenvalue weighted by Gasteiger charge is -2.11. The van der Waals surface area contributed by atoms with Gasteiger partial charge >= 0.3 is 0 Å². The molecule has 0 aliphatic rings. The highest BCUT2D eigenvalue weighted by Gasteiger charge is 2.09. The van der Waals surface area contributed by atoms with Crippen LogP contribution in [0.25, 0.3) is 0 Å². The molecular weight excluding hydrogens is 449 g/mol. The van der Waals surface area contributed by atoms with Crippen LogP contribution >= 0.6 is 35.4 Å². The summed E-state index contributed by atoms with van der Waals surface area (Å²) in [5.74, 6) is 0.457. The fourth-order valence-electron chi connectivity index (χ4n) is 2.27. The van der Waals surface area contributed by atoms with E-state index in [0.29, 0.717) is 46.7 Å². The number of ether oxygens (including phenoxy) is 2. The molecule has 2 aromatic rings. The molecule has 160 valence electrons. The Labute approximate surface area is 190 Å². The third-order valence-electron chi connectivity index (χ3n) is 3.67. The van der Waals surface area contributed by atoms with Gasteiger partial charge in [0.1, 0.15) is 11.5 Å². The quantitative estimate of drug-likeness (QED) is 0.308. The smallest absolute Gasteiger partial charge is 0.257 e. The number of rotatable bonds is 8. The first-order chi connectivity index (χ1) is 14.4. The van der Waals surface area contributed by atoms with E-state index in [1.165, 1.54) is 0 Å². The maximum atomic E-state index is 12.1. The van der Waals surface area contributed by atoms with Gasteiger partial charge in [-0.3, -0.25) is 25.8 Å². The first kappa shape index (κ1) is 23.7. The van der Waals surface area contributed by atoms with Gasteiger partial charge in [0, 0.05) is 17.0 Å². The molecule has 0 aromatic heterocycles. The number of thiocarbonyl (C=S) groups is 1. The minimum Gasteiger partial charge on any atom is -0.494 e. The number of hydrazine groups is 1. The minimum atomic E-state index is -0.405. The van der Waals surface area contributed by atoms with Crippen LogP contribution in [0, 0.1) is 0 Å². The van der Waals surface area contributed by atoms with Gasteiger partial charge in [0.2, 0.25) is 5.91 Å². The van der Waals surface area contributed by atoms with Crippen LogP contribution in [0.4, 0.5) is 0 Å². The van der Waals surface area contributed by atoms with Crippen molar-refractivity contribution in [2.24, 2.45) is 0 Å². The van der Waals surface area contributed by atoms with E-state index in [1.807, 2.05) is 6.92 Å². The lowest BCUT2D eigenvalue weighted by molar-refractivity contribution is -0.121. The maximum Gasteiger partial charge on any atom is 0.257 e. The van der Waals surface area contributed by atoms with Crippen molar-refractivity contribution < 1.29 is 19.1 Å². The summed E-state index contributed by atoms with van der Waals surface area (Å²) in [5.41, 5.74) is 5.32. The molecule has 0 atom stereocenters. The van der Waals surface area contributed by atoms with Crippen molar-refractivity contribution in [2.75, 3.05) is 13.2 Å². The molecule has 0 bridgehead atoms. The van der Waals surface area contributed by atoms with Gasteiger partial charge in [-0.1, -0.05) is 23.2 Å². The summed E-state index contributed by atoms with van der Waals surface area (Å²) in [6.45, 7) is 2.72. The average molecular weight is 470 g/mol. The number of amides is 2. The first-order valence-corrected chi connectivity index (χ1v) is 10.3. The third-order valence-corrected chi connectivity index (χ3v) is 4.40. The van der Waals surface area contributed by atoms with Gasteiger partial charge in [-0.15, -0.1) is 0 Å². The van der Waals surface area contributed by atoms with Crippen molar-refractivity contribution >= 4 is 52.3 Å². The Bertz CT molecular complexity index is 894. The maximum absolute atomic E-state index is 12.1. The van der Waals surface area contributed by atoms with Crippen molar-refractivity contribution in [1.82, 2.24) is 16.2 Å². The molecule has 0 saturated carbocycles. The zero-order valence-corrected chi connectivity index (χ0v) is 18.5. The molecule has 0 aliphatic carbocycles. The summed E-state index contributed by atoms with van der Waals surface area (Å²) in [6.07, 6.45) is 0.644. The fourth-order valence-corrected chi connectivity index (χ4v) is 2.88. The van der Waals surface area contributed by atoms with Crippen molar-refractivity contribution in [2.45, 2.75) is 19.8 Å². The van der Waals surface area contributed by atoms with Gasteiger partial charge in [0.15, 0.2) is 5.11 Å². The zero-order valence-electron chi connectivity index (χ0n) is 16.2. The molecular formula is C20H21Cl2N3O4S. The third kappa shape index (κ3) is 8.06. The lowest BCUT2D eigenvalue weighted by atomic mass is 10.2. The Balaban J connectivity index is 1.65. The highest BCUT2D eigenvalue weighted by atomic mass is 35.5. The topological polar surface area (TPSA) is 88.7 Å². The summed E-state index contributed by atoms with van der Waals surface area (Å²) in [4.78, 5) is 24.0. The zero-order chi connectivity index (χ0) is 21.9. The predicted molar refractivity (Wildman–Crippen MR) is 120 cm³/mol. The summed E-state index contributed by atoms with van der Waals surface area (Å²) < 4.78 is 10.8. The first-order valence-electron chi connectivity index (χ1n) is 9.10. The number of hydrogen-bond acceptors (Lipinski definition) is 5. The molecule has 2 amide bonds. The molecule has 3 N–H and O–H groups in total. The average Bonchev–Trinajstić information content (AvgIpc) is 2.71. The molecule has 0 aliphatic heterocycles. The van der Waals surface area contributed by atoms with E-state index in [9.17, 15) is 9.59 Å². The van der Waals surface area contributed by atoms with E-state index >= 15 is 0 Å². The molecule has 30 heavy (non-hydrogen) atoms. The molecule has 0 radical (unpaired) electrons. The van der Waals surface area contributed by atoms with Gasteiger partial charge < -0.3 is 9.47 Å². The molecule has 0 spiro atoms. The monoisotopic (exact) mass is 469 g/mol. The Hall–Kier alpha value is -2.55. The highest BCUT2D eigenvalue weighted by Crippen LogP contribution is 2.27. The second-order valence-corrected chi connectivity index (χ2v) is 7.19. The Kier molecular flexibility index (Phi) is 9.66. The Morgan fingerprint density at radius 2 is 1.77 bits per heavy atom. The van der Waals surface area contributed by atoms with E-state index in [4.69, 9.17) is 44.9 Å². The van der Waals surface area contributed by atoms with E-state index in [1.54, 1.807) is 42.5 Å². The fraction of sp³-hybridized carbons (Fsp3) is 0.250. The second-order valence-electron chi connectivity index (χ2n) is 5.94. The molecule has 0 unspecified atom stereocenters. The number of benzene rings is 2. The highest BCUT2D eigenvalue weighted by molar-refractivity contribution is 7.80. The molecule has 0 saturated heterocycles. The van der Waals surface area contributed by atoms with Crippen LogP contribution in [0.2, 0.25) is 10.0 Å². The Morgan fingerprint density at radius 3 is 2.43 bits per heavy atom. The normalized spacial score (nSPS) is 10.1. The number of halogens is 2. The molecule has 0 fully saturated rings. The van der Waals surface area contributed by atoms with Crippen molar-refractivity contribution in [3.8, 4) is 11.5 Å². The summed E-state index contributed by atoms with van der Waals surface area (Å²) >= 11 is 16.8. The number of carbonyl (C=O) groups excluding carboxylic acids is 2. The van der Waals surface area contributed by atoms with Crippen LogP contribution in [-0.2, 0) is 4.79 Å². The standard InChI is InChI=1S/C20H21Cl2N3O4S/c1-2-28-15-8-5-13(6-9-15)19(27)23-20(30)25-24-18(26)4-3-11-29-17-10-7-14(21)12-16(17)22/h5-10,12H,2-4,11H2,1H3,(H,24,26)(H2,23,25,27,30). The summed E-state index contributed by atoms with van der Waals surface area (Å²) in [5, 5.41) is 3.38. The van der Waals surface area contributed by atoms with E-state index in [2.05, 4.69) is 16.2 Å². The lowest BCUT2D eigenvalue weighted by Crippen LogP contribution is -2.48. The van der Waals surface area contributed by atoms with Crippen molar-refractivity contribution in [1.29, 1.82) is 0 Å². The van der Waals surface area contributed by atoms with Crippen LogP contribution in [0.5, 0.6) is 11.5 Å². The van der Waals surface area contributed by atoms with Gasteiger partial charge in [0.25, 0.3) is 5.91 Å². The molecule has 2 aromatic carbocycles. The largest absolute Gasteiger partial charge is 0.494 e. The van der Waals surface area contributed by atoms with Crippen LogP contribution in [0.1, 0.15) is 30.1 Å². The predicted octanol–water partition coefficient (Wildman–Crippen LogP) is 3.89. The van der Waals surface area contributed by atoms with E-state index in [-0.39, 0.29) is 17.4 Å². The molecule has 10 heteroatoms. The van der Waals surface area contributed by atoms with Gasteiger partial charge in [-0.2, -0.15) is 0 Å². The van der Waals surface area contributed by atoms with E-state index in [0.717, 1.165) is 0 Å². The minimum absolute atomic E-state index is 0.0218. The number of hydrogen-bond donors (Lipinski definition) is 3. The van der Waals surface area contributed by atoms with Gasteiger partial charge in [-0.05, 0) is 68.0 Å². The van der Waals surface area contributed by atoms with Crippen LogP contribution in [0.15, 0.2) is 42.5 Å². The van der Waals surface area contributed by atoms with Crippen molar-refractivity contribution in [3.05, 3.63) is 58.1 Å². The van der Waals surface area contributed by atoms with Crippen LogP contribution in [-0.4, -0.2) is 30.1 Å². The van der Waals surface area contributed by atoms with Gasteiger partial charge in [0.05, 0.1) is 18.2 Å². The van der Waals surface area contributed by atoms with Crippen LogP contribution < -0.4 is 25.6 Å². The Morgan fingerprint density at radius 1 is 1.03 bits per heavy atom. The van der Waals surface area contributed by atoms with Gasteiger partial charge in [-0.25, -0.2) is 0 Å². The summed E-state index contributed by atoms with van der Waals surface area (Å²) in [6, 6.07) is 11.5. The summed E-state index contributed by atoms with van der Waals surface area (Å²) in [7, 11) is 0. The molecule has 0 heterocycles. The SMILES string of the molecule is CCOc1ccc(C(=O)NC(=S)NNC(=O)CCCOc2ccc(Cl)cc2Cl)cc1. The van der Waals surface area contributed by atoms with Crippen LogP contribution in [0.3, 0.4) is 0 Å². The molecule has 7 nitrogen and oxygen atoms in total. The number of nitrogens with one attached hydrogen (secondary N) is 3. The van der Waals surface area contributed by atoms with E-state index < -0.39 is 5.91 Å².